The van der Waals surface area contributed by atoms with Crippen LogP contribution < -0.4 is 0 Å². The van der Waals surface area contributed by atoms with Gasteiger partial charge in [0.25, 0.3) is 0 Å². The number of hydrogen-bond donors (Lipinski definition) is 0. The molecule has 0 aliphatic carbocycles. The van der Waals surface area contributed by atoms with E-state index >= 15 is 0 Å². The minimum Gasteiger partial charge on any atom is -0.460 e. The number of carbonyl (C=O) groups excluding carboxylic acids is 3. The third-order valence-electron chi connectivity index (χ3n) is 3.39. The smallest absolute Gasteiger partial charge is 0.348 e. The summed E-state index contributed by atoms with van der Waals surface area (Å²) in [6.45, 7) is 11.9. The average Bonchev–Trinajstić information content (AvgIpc) is 2.36. The summed E-state index contributed by atoms with van der Waals surface area (Å²) in [6.07, 6.45) is -0.423. The third-order valence-corrected chi connectivity index (χ3v) is 3.39. The van der Waals surface area contributed by atoms with Crippen molar-refractivity contribution < 1.29 is 28.6 Å². The zero-order valence-electron chi connectivity index (χ0n) is 14.6. The molecule has 0 heterocycles. The second kappa shape index (κ2) is 8.15. The van der Waals surface area contributed by atoms with Crippen LogP contribution in [0.5, 0.6) is 0 Å². The van der Waals surface area contributed by atoms with Crippen LogP contribution in [0.2, 0.25) is 0 Å². The van der Waals surface area contributed by atoms with E-state index in [0.29, 0.717) is 12.8 Å². The van der Waals surface area contributed by atoms with Crippen LogP contribution in [0.1, 0.15) is 67.7 Å². The monoisotopic (exact) mass is 316 g/mol. The van der Waals surface area contributed by atoms with Gasteiger partial charge in [-0.1, -0.05) is 13.8 Å². The van der Waals surface area contributed by atoms with E-state index in [4.69, 9.17) is 14.2 Å². The van der Waals surface area contributed by atoms with Crippen LogP contribution in [0.4, 0.5) is 0 Å². The SMILES string of the molecule is CCC(C)(C)OC(=O)C[C@@H](OC(C)=O)C(=O)OC(C)(C)CC. The summed E-state index contributed by atoms with van der Waals surface area (Å²) < 4.78 is 15.5. The minimum atomic E-state index is -1.29. The summed E-state index contributed by atoms with van der Waals surface area (Å²) >= 11 is 0. The molecule has 0 rings (SSSR count). The Morgan fingerprint density at radius 2 is 1.36 bits per heavy atom. The summed E-state index contributed by atoms with van der Waals surface area (Å²) in [5.74, 6) is -2.00. The van der Waals surface area contributed by atoms with Gasteiger partial charge in [0.15, 0.2) is 0 Å². The van der Waals surface area contributed by atoms with Gasteiger partial charge in [0.1, 0.15) is 11.2 Å². The highest BCUT2D eigenvalue weighted by atomic mass is 16.6. The van der Waals surface area contributed by atoms with Crippen molar-refractivity contribution in [1.82, 2.24) is 0 Å². The Kier molecular flexibility index (Phi) is 7.56. The Morgan fingerprint density at radius 3 is 1.77 bits per heavy atom. The highest BCUT2D eigenvalue weighted by molar-refractivity contribution is 5.84. The van der Waals surface area contributed by atoms with Gasteiger partial charge in [0, 0.05) is 6.92 Å². The molecule has 6 nitrogen and oxygen atoms in total. The zero-order chi connectivity index (χ0) is 17.6. The number of rotatable bonds is 8. The van der Waals surface area contributed by atoms with Crippen LogP contribution in [-0.4, -0.2) is 35.2 Å². The quantitative estimate of drug-likeness (QED) is 0.506. The van der Waals surface area contributed by atoms with Crippen LogP contribution in [0, 0.1) is 0 Å². The van der Waals surface area contributed by atoms with Crippen LogP contribution in [0.3, 0.4) is 0 Å². The molecule has 1 atom stereocenters. The molecule has 6 heteroatoms. The molecule has 0 N–H and O–H groups in total. The van der Waals surface area contributed by atoms with Gasteiger partial charge in [0.2, 0.25) is 6.10 Å². The lowest BCUT2D eigenvalue weighted by atomic mass is 10.1. The molecule has 22 heavy (non-hydrogen) atoms. The lowest BCUT2D eigenvalue weighted by Crippen LogP contribution is -2.38. The van der Waals surface area contributed by atoms with Crippen molar-refractivity contribution in [3.8, 4) is 0 Å². The number of esters is 3. The van der Waals surface area contributed by atoms with Crippen molar-refractivity contribution in [3.63, 3.8) is 0 Å². The second-order valence-electron chi connectivity index (χ2n) is 6.42. The third kappa shape index (κ3) is 8.00. The van der Waals surface area contributed by atoms with Crippen molar-refractivity contribution in [2.75, 3.05) is 0 Å². The van der Waals surface area contributed by atoms with E-state index in [-0.39, 0.29) is 6.42 Å². The van der Waals surface area contributed by atoms with E-state index in [1.165, 1.54) is 6.92 Å². The molecule has 0 aromatic carbocycles. The minimum absolute atomic E-state index is 0.359. The van der Waals surface area contributed by atoms with Gasteiger partial charge < -0.3 is 14.2 Å². The van der Waals surface area contributed by atoms with Crippen LogP contribution in [0.25, 0.3) is 0 Å². The Labute approximate surface area is 132 Å². The summed E-state index contributed by atoms with van der Waals surface area (Å²) in [5.41, 5.74) is -1.33. The number of ether oxygens (including phenoxy) is 3. The number of hydrogen-bond acceptors (Lipinski definition) is 6. The topological polar surface area (TPSA) is 78.9 Å². The van der Waals surface area contributed by atoms with Gasteiger partial charge >= 0.3 is 17.9 Å². The van der Waals surface area contributed by atoms with Gasteiger partial charge in [-0.05, 0) is 40.5 Å². The van der Waals surface area contributed by atoms with E-state index in [1.54, 1.807) is 27.7 Å². The Morgan fingerprint density at radius 1 is 0.909 bits per heavy atom. The van der Waals surface area contributed by atoms with Crippen LogP contribution >= 0.6 is 0 Å². The van der Waals surface area contributed by atoms with Gasteiger partial charge in [-0.15, -0.1) is 0 Å². The van der Waals surface area contributed by atoms with Crippen molar-refractivity contribution in [1.29, 1.82) is 0 Å². The summed E-state index contributed by atoms with van der Waals surface area (Å²) in [5, 5.41) is 0. The molecule has 0 fully saturated rings. The van der Waals surface area contributed by atoms with Crippen molar-refractivity contribution >= 4 is 17.9 Å². The molecule has 0 amide bonds. The van der Waals surface area contributed by atoms with Gasteiger partial charge in [-0.3, -0.25) is 9.59 Å². The molecule has 0 aliphatic rings. The Balaban J connectivity index is 4.88. The largest absolute Gasteiger partial charge is 0.460 e. The molecule has 0 aliphatic heterocycles. The zero-order valence-corrected chi connectivity index (χ0v) is 14.6. The highest BCUT2D eigenvalue weighted by Crippen LogP contribution is 2.19. The van der Waals surface area contributed by atoms with Crippen molar-refractivity contribution in [2.45, 2.75) is 85.0 Å². The molecule has 0 aromatic rings. The number of carbonyl (C=O) groups is 3. The summed E-state index contributed by atoms with van der Waals surface area (Å²) in [6, 6.07) is 0. The fourth-order valence-corrected chi connectivity index (χ4v) is 1.36. The maximum absolute atomic E-state index is 12.1. The first-order valence-corrected chi connectivity index (χ1v) is 7.54. The van der Waals surface area contributed by atoms with E-state index in [9.17, 15) is 14.4 Å². The van der Waals surface area contributed by atoms with Gasteiger partial charge in [-0.25, -0.2) is 4.79 Å². The summed E-state index contributed by atoms with van der Waals surface area (Å²) in [4.78, 5) is 35.2. The van der Waals surface area contributed by atoms with Crippen LogP contribution in [0.15, 0.2) is 0 Å². The lowest BCUT2D eigenvalue weighted by molar-refractivity contribution is -0.181. The molecule has 0 radical (unpaired) electrons. The van der Waals surface area contributed by atoms with Crippen LogP contribution in [-0.2, 0) is 28.6 Å². The predicted molar refractivity (Wildman–Crippen MR) is 81.1 cm³/mol. The molecule has 0 bridgehead atoms. The van der Waals surface area contributed by atoms with E-state index in [0.717, 1.165) is 0 Å². The molecule has 128 valence electrons. The second-order valence-corrected chi connectivity index (χ2v) is 6.42. The van der Waals surface area contributed by atoms with Crippen molar-refractivity contribution in [2.24, 2.45) is 0 Å². The Hall–Kier alpha value is -1.59. The predicted octanol–water partition coefficient (Wildman–Crippen LogP) is 2.77. The standard InChI is InChI=1S/C16H28O6/c1-8-15(4,5)21-13(18)10-12(20-11(3)17)14(19)22-16(6,7)9-2/h12H,8-10H2,1-7H3/t12-/m1/s1. The molecule has 0 saturated heterocycles. The molecular weight excluding hydrogens is 288 g/mol. The first-order valence-electron chi connectivity index (χ1n) is 7.54. The fraction of sp³-hybridized carbons (Fsp3) is 0.812. The maximum Gasteiger partial charge on any atom is 0.348 e. The molecule has 0 spiro atoms. The molecule has 0 aromatic heterocycles. The maximum atomic E-state index is 12.1. The average molecular weight is 316 g/mol. The first kappa shape index (κ1) is 20.4. The van der Waals surface area contributed by atoms with Gasteiger partial charge in [-0.2, -0.15) is 0 Å². The lowest BCUT2D eigenvalue weighted by Gasteiger charge is -2.27. The first-order chi connectivity index (χ1) is 9.92. The van der Waals surface area contributed by atoms with Gasteiger partial charge in [0.05, 0.1) is 6.42 Å². The molecule has 0 saturated carbocycles. The van der Waals surface area contributed by atoms with E-state index < -0.39 is 35.2 Å². The molecule has 0 unspecified atom stereocenters. The molecular formula is C16H28O6. The van der Waals surface area contributed by atoms with E-state index in [2.05, 4.69) is 0 Å². The highest BCUT2D eigenvalue weighted by Gasteiger charge is 2.33. The summed E-state index contributed by atoms with van der Waals surface area (Å²) in [7, 11) is 0. The van der Waals surface area contributed by atoms with E-state index in [1.807, 2.05) is 13.8 Å². The fourth-order valence-electron chi connectivity index (χ4n) is 1.36. The van der Waals surface area contributed by atoms with Crippen molar-refractivity contribution in [3.05, 3.63) is 0 Å². The normalized spacial score (nSPS) is 13.2. The Bertz CT molecular complexity index is 411.